The zero-order valence-electron chi connectivity index (χ0n) is 15.4. The van der Waals surface area contributed by atoms with Crippen molar-refractivity contribution in [3.05, 3.63) is 11.6 Å². The Balaban J connectivity index is 1.70. The van der Waals surface area contributed by atoms with Crippen molar-refractivity contribution in [2.45, 2.75) is 64.4 Å². The van der Waals surface area contributed by atoms with Gasteiger partial charge in [0, 0.05) is 11.3 Å². The van der Waals surface area contributed by atoms with Crippen molar-refractivity contribution in [1.29, 1.82) is 0 Å². The third-order valence-corrected chi connectivity index (χ3v) is 8.74. The summed E-state index contributed by atoms with van der Waals surface area (Å²) in [5.41, 5.74) is 0.178. The summed E-state index contributed by atoms with van der Waals surface area (Å²) in [6.45, 7) is 4.47. The molecule has 3 heteroatoms. The summed E-state index contributed by atoms with van der Waals surface area (Å²) in [5, 5.41) is 20.7. The first-order chi connectivity index (χ1) is 11.8. The highest BCUT2D eigenvalue weighted by atomic mass is 16.3. The Hall–Kier alpha value is -1.11. The number of hydrogen-bond acceptors (Lipinski definition) is 3. The van der Waals surface area contributed by atoms with E-state index in [1.54, 1.807) is 0 Å². The molecule has 3 saturated carbocycles. The van der Waals surface area contributed by atoms with E-state index in [4.69, 9.17) is 6.42 Å². The monoisotopic (exact) mass is 342 g/mol. The van der Waals surface area contributed by atoms with Crippen molar-refractivity contribution in [3.63, 3.8) is 0 Å². The molecular weight excluding hydrogens is 312 g/mol. The van der Waals surface area contributed by atoms with Crippen LogP contribution in [0, 0.1) is 46.8 Å². The number of allylic oxidation sites excluding steroid dienone is 1. The molecule has 0 saturated heterocycles. The number of carbonyl (C=O) groups is 1. The van der Waals surface area contributed by atoms with E-state index in [2.05, 4.69) is 19.8 Å². The average Bonchev–Trinajstić information content (AvgIpc) is 2.87. The molecule has 4 aliphatic rings. The maximum atomic E-state index is 12.2. The van der Waals surface area contributed by atoms with Crippen molar-refractivity contribution in [2.24, 2.45) is 34.5 Å². The van der Waals surface area contributed by atoms with E-state index < -0.39 is 5.60 Å². The van der Waals surface area contributed by atoms with Gasteiger partial charge in [0.05, 0.1) is 6.61 Å². The summed E-state index contributed by atoms with van der Waals surface area (Å²) in [5.74, 6) is 4.16. The van der Waals surface area contributed by atoms with Gasteiger partial charge in [-0.2, -0.15) is 0 Å². The van der Waals surface area contributed by atoms with Crippen LogP contribution in [0.25, 0.3) is 0 Å². The van der Waals surface area contributed by atoms with Crippen LogP contribution < -0.4 is 0 Å². The van der Waals surface area contributed by atoms with E-state index in [9.17, 15) is 15.0 Å². The van der Waals surface area contributed by atoms with Crippen molar-refractivity contribution in [2.75, 3.05) is 6.61 Å². The number of rotatable bonds is 1. The van der Waals surface area contributed by atoms with Gasteiger partial charge in [-0.1, -0.05) is 25.3 Å². The van der Waals surface area contributed by atoms with Gasteiger partial charge in [0.2, 0.25) is 0 Å². The highest BCUT2D eigenvalue weighted by Gasteiger charge is 2.63. The molecule has 136 valence electrons. The van der Waals surface area contributed by atoms with Crippen molar-refractivity contribution < 1.29 is 15.0 Å². The summed E-state index contributed by atoms with van der Waals surface area (Å²) < 4.78 is 0. The van der Waals surface area contributed by atoms with Crippen LogP contribution in [0.5, 0.6) is 0 Å². The van der Waals surface area contributed by atoms with Gasteiger partial charge in [-0.15, -0.1) is 6.42 Å². The number of aliphatic hydroxyl groups excluding tert-OH is 1. The minimum atomic E-state index is -0.962. The van der Waals surface area contributed by atoms with Crippen LogP contribution in [0.4, 0.5) is 0 Å². The molecule has 0 spiro atoms. The number of terminal acetylenes is 1. The maximum Gasteiger partial charge on any atom is 0.161 e. The molecule has 4 aliphatic carbocycles. The summed E-state index contributed by atoms with van der Waals surface area (Å²) >= 11 is 0. The van der Waals surface area contributed by atoms with Gasteiger partial charge < -0.3 is 10.2 Å². The Morgan fingerprint density at radius 1 is 1.24 bits per heavy atom. The summed E-state index contributed by atoms with van der Waals surface area (Å²) in [6.07, 6.45) is 14.2. The SMILES string of the molecule is C#C[C@]1(O)CC[C@H]2[C@@H]3CCC4=CC(=O)[C@H](CO)C[C@]4(C)[C@H]3CC[C@@]21C. The van der Waals surface area contributed by atoms with E-state index >= 15 is 0 Å². The standard InChI is InChI=1S/C22H30O3/c1-4-22(25)10-8-18-16-6-5-15-11-19(24)14(13-23)12-20(15,2)17(16)7-9-21(18,22)3/h1,11,14,16-18,23,25H,5-10,12-13H2,2-3H3/t14-,16+,17-,18-,20-,21-,22-/m0/s1. The topological polar surface area (TPSA) is 57.5 Å². The number of aliphatic hydroxyl groups is 2. The first kappa shape index (κ1) is 17.3. The summed E-state index contributed by atoms with van der Waals surface area (Å²) in [6, 6.07) is 0. The predicted octanol–water partition coefficient (Wildman–Crippen LogP) is 3.10. The first-order valence-corrected chi connectivity index (χ1v) is 9.85. The minimum absolute atomic E-state index is 0.0163. The smallest absolute Gasteiger partial charge is 0.161 e. The second kappa shape index (κ2) is 5.44. The Morgan fingerprint density at radius 2 is 1.96 bits per heavy atom. The predicted molar refractivity (Wildman–Crippen MR) is 96.5 cm³/mol. The van der Waals surface area contributed by atoms with E-state index in [0.717, 1.165) is 38.5 Å². The molecule has 0 radical (unpaired) electrons. The fourth-order valence-electron chi connectivity index (χ4n) is 7.16. The minimum Gasteiger partial charge on any atom is -0.396 e. The molecule has 3 fully saturated rings. The molecule has 4 rings (SSSR count). The lowest BCUT2D eigenvalue weighted by Crippen LogP contribution is -2.55. The molecule has 2 N–H and O–H groups in total. The maximum absolute atomic E-state index is 12.2. The summed E-state index contributed by atoms with van der Waals surface area (Å²) in [7, 11) is 0. The lowest BCUT2D eigenvalue weighted by molar-refractivity contribution is -0.126. The van der Waals surface area contributed by atoms with E-state index in [-0.39, 0.29) is 29.1 Å². The van der Waals surface area contributed by atoms with E-state index in [0.29, 0.717) is 24.2 Å². The molecule has 0 unspecified atom stereocenters. The Kier molecular flexibility index (Phi) is 3.77. The second-order valence-electron chi connectivity index (χ2n) is 9.49. The number of fused-ring (bicyclic) bond motifs is 5. The van der Waals surface area contributed by atoms with Crippen LogP contribution >= 0.6 is 0 Å². The van der Waals surface area contributed by atoms with Gasteiger partial charge >= 0.3 is 0 Å². The second-order valence-corrected chi connectivity index (χ2v) is 9.49. The van der Waals surface area contributed by atoms with Crippen LogP contribution in [0.2, 0.25) is 0 Å². The summed E-state index contributed by atoms with van der Waals surface area (Å²) in [4.78, 5) is 12.2. The van der Waals surface area contributed by atoms with Crippen molar-refractivity contribution >= 4 is 5.78 Å². The first-order valence-electron chi connectivity index (χ1n) is 9.85. The Morgan fingerprint density at radius 3 is 2.64 bits per heavy atom. The van der Waals surface area contributed by atoms with Crippen molar-refractivity contribution in [3.8, 4) is 12.3 Å². The Labute approximate surface area is 150 Å². The van der Waals surface area contributed by atoms with Crippen LogP contribution in [0.15, 0.2) is 11.6 Å². The third kappa shape index (κ3) is 2.10. The van der Waals surface area contributed by atoms with Gasteiger partial charge in [-0.3, -0.25) is 4.79 Å². The molecule has 0 aromatic carbocycles. The van der Waals surface area contributed by atoms with Gasteiger partial charge in [-0.05, 0) is 74.2 Å². The fourth-order valence-corrected chi connectivity index (χ4v) is 7.16. The molecule has 25 heavy (non-hydrogen) atoms. The molecule has 0 amide bonds. The molecule has 0 heterocycles. The molecule has 0 aliphatic heterocycles. The van der Waals surface area contributed by atoms with E-state index in [1.807, 2.05) is 6.08 Å². The highest BCUT2D eigenvalue weighted by molar-refractivity contribution is 5.93. The molecule has 7 atom stereocenters. The highest BCUT2D eigenvalue weighted by Crippen LogP contribution is 2.67. The molecule has 3 nitrogen and oxygen atoms in total. The Bertz CT molecular complexity index is 673. The van der Waals surface area contributed by atoms with Gasteiger partial charge in [0.25, 0.3) is 0 Å². The quantitative estimate of drug-likeness (QED) is 0.720. The average molecular weight is 342 g/mol. The molecular formula is C22H30O3. The fraction of sp³-hybridized carbons (Fsp3) is 0.773. The van der Waals surface area contributed by atoms with E-state index in [1.165, 1.54) is 5.57 Å². The lowest BCUT2D eigenvalue weighted by Gasteiger charge is -2.59. The number of ketones is 1. The van der Waals surface area contributed by atoms with Crippen LogP contribution in [0.3, 0.4) is 0 Å². The lowest BCUT2D eigenvalue weighted by atomic mass is 9.46. The largest absolute Gasteiger partial charge is 0.396 e. The zero-order valence-corrected chi connectivity index (χ0v) is 15.4. The van der Waals surface area contributed by atoms with Crippen LogP contribution in [-0.2, 0) is 4.79 Å². The van der Waals surface area contributed by atoms with Crippen LogP contribution in [0.1, 0.15) is 58.8 Å². The normalized spacial score (nSPS) is 51.8. The van der Waals surface area contributed by atoms with Crippen molar-refractivity contribution in [1.82, 2.24) is 0 Å². The zero-order chi connectivity index (χ0) is 18.0. The van der Waals surface area contributed by atoms with Gasteiger partial charge in [-0.25, -0.2) is 0 Å². The number of carbonyl (C=O) groups excluding carboxylic acids is 1. The van der Waals surface area contributed by atoms with Gasteiger partial charge in [0.1, 0.15) is 5.60 Å². The third-order valence-electron chi connectivity index (χ3n) is 8.74. The van der Waals surface area contributed by atoms with Gasteiger partial charge in [0.15, 0.2) is 5.78 Å². The molecule has 0 bridgehead atoms. The number of hydrogen-bond donors (Lipinski definition) is 2. The van der Waals surface area contributed by atoms with Crippen LogP contribution in [-0.4, -0.2) is 28.2 Å². The molecule has 0 aromatic rings. The molecule has 0 aromatic heterocycles.